The van der Waals surface area contributed by atoms with Gasteiger partial charge in [-0.25, -0.2) is 0 Å². The number of carbonyl (C=O) groups excluding carboxylic acids is 1. The predicted octanol–water partition coefficient (Wildman–Crippen LogP) is 1.00. The molecule has 2 rings (SSSR count). The van der Waals surface area contributed by atoms with Gasteiger partial charge in [-0.15, -0.1) is 0 Å². The smallest absolute Gasteiger partial charge is 0.258 e. The van der Waals surface area contributed by atoms with Gasteiger partial charge in [-0.05, 0) is 45.9 Å². The van der Waals surface area contributed by atoms with Crippen LogP contribution in [0.1, 0.15) is 30.6 Å². The molecule has 3 N–H and O–H groups in total. The Morgan fingerprint density at radius 1 is 1.55 bits per heavy atom. The third kappa shape index (κ3) is 3.04. The van der Waals surface area contributed by atoms with Crippen molar-refractivity contribution in [1.82, 2.24) is 14.6 Å². The van der Waals surface area contributed by atoms with Crippen LogP contribution in [0.2, 0.25) is 0 Å². The molecule has 0 aliphatic carbocycles. The molecule has 1 saturated heterocycles. The minimum Gasteiger partial charge on any atom is -0.382 e. The van der Waals surface area contributed by atoms with E-state index in [1.807, 2.05) is 13.8 Å². The molecule has 20 heavy (non-hydrogen) atoms. The van der Waals surface area contributed by atoms with E-state index in [0.717, 1.165) is 24.5 Å². The second kappa shape index (κ2) is 5.97. The molecule has 1 fully saturated rings. The lowest BCUT2D eigenvalue weighted by Gasteiger charge is -2.21. The molecule has 0 bridgehead atoms. The Kier molecular flexibility index (Phi) is 4.49. The molecule has 1 amide bonds. The Morgan fingerprint density at radius 3 is 2.80 bits per heavy atom. The van der Waals surface area contributed by atoms with Gasteiger partial charge in [0.25, 0.3) is 5.91 Å². The molecule has 6 nitrogen and oxygen atoms in total. The summed E-state index contributed by atoms with van der Waals surface area (Å²) in [4.78, 5) is 16.7. The fourth-order valence-electron chi connectivity index (χ4n) is 2.40. The number of nitrogens with two attached hydrogens (primary N) is 1. The van der Waals surface area contributed by atoms with Gasteiger partial charge in [-0.3, -0.25) is 4.79 Å². The molecule has 1 aliphatic heterocycles. The van der Waals surface area contributed by atoms with Crippen molar-refractivity contribution in [2.24, 2.45) is 0 Å². The molecule has 0 radical (unpaired) electrons. The number of amides is 1. The zero-order chi connectivity index (χ0) is 14.9. The van der Waals surface area contributed by atoms with Crippen LogP contribution in [0, 0.1) is 0 Å². The lowest BCUT2D eigenvalue weighted by molar-refractivity contribution is 0.0945. The first-order chi connectivity index (χ1) is 9.40. The minimum absolute atomic E-state index is 0.0859. The molecule has 0 aromatic carbocycles. The highest BCUT2D eigenvalue weighted by Crippen LogP contribution is 2.33. The van der Waals surface area contributed by atoms with Gasteiger partial charge in [0.15, 0.2) is 5.82 Å². The summed E-state index contributed by atoms with van der Waals surface area (Å²) in [5.74, 6) is 0.200. The van der Waals surface area contributed by atoms with Gasteiger partial charge in [0.1, 0.15) is 10.6 Å². The summed E-state index contributed by atoms with van der Waals surface area (Å²) in [6.45, 7) is 5.72. The number of nitrogen functional groups attached to an aromatic ring is 1. The fraction of sp³-hybridized carbons (Fsp3) is 0.692. The number of nitrogens with one attached hydrogen (secondary N) is 1. The predicted molar refractivity (Wildman–Crippen MR) is 83.4 cm³/mol. The molecule has 112 valence electrons. The first-order valence-electron chi connectivity index (χ1n) is 6.87. The third-order valence-corrected chi connectivity index (χ3v) is 4.45. The molecule has 1 aliphatic rings. The van der Waals surface area contributed by atoms with Crippen LogP contribution in [0.4, 0.5) is 10.8 Å². The first kappa shape index (κ1) is 15.1. The van der Waals surface area contributed by atoms with E-state index < -0.39 is 0 Å². The van der Waals surface area contributed by atoms with Crippen molar-refractivity contribution in [3.8, 4) is 0 Å². The maximum Gasteiger partial charge on any atom is 0.258 e. The van der Waals surface area contributed by atoms with Crippen molar-refractivity contribution in [3.63, 3.8) is 0 Å². The van der Waals surface area contributed by atoms with E-state index in [2.05, 4.69) is 33.6 Å². The highest BCUT2D eigenvalue weighted by Gasteiger charge is 2.30. The summed E-state index contributed by atoms with van der Waals surface area (Å²) >= 11 is 1.31. The van der Waals surface area contributed by atoms with Gasteiger partial charge < -0.3 is 20.9 Å². The molecule has 7 heteroatoms. The summed E-state index contributed by atoms with van der Waals surface area (Å²) < 4.78 is 4.16. The maximum atomic E-state index is 12.3. The Morgan fingerprint density at radius 2 is 2.25 bits per heavy atom. The van der Waals surface area contributed by atoms with Gasteiger partial charge in [-0.2, -0.15) is 4.37 Å². The van der Waals surface area contributed by atoms with Crippen LogP contribution < -0.4 is 16.0 Å². The molecule has 2 heterocycles. The van der Waals surface area contributed by atoms with Gasteiger partial charge in [0.05, 0.1) is 0 Å². The summed E-state index contributed by atoms with van der Waals surface area (Å²) in [6.07, 6.45) is 1.09. The summed E-state index contributed by atoms with van der Waals surface area (Å²) in [7, 11) is 4.17. The summed E-state index contributed by atoms with van der Waals surface area (Å²) in [5, 5.41) is 3.79. The van der Waals surface area contributed by atoms with E-state index in [0.29, 0.717) is 17.4 Å². The summed E-state index contributed by atoms with van der Waals surface area (Å²) in [6, 6.07) is 0.599. The number of aromatic nitrogens is 1. The number of hydrogen-bond donors (Lipinski definition) is 2. The third-order valence-electron chi connectivity index (χ3n) is 3.53. The Bertz CT molecular complexity index is 485. The Labute approximate surface area is 124 Å². The number of rotatable bonds is 4. The highest BCUT2D eigenvalue weighted by molar-refractivity contribution is 7.11. The van der Waals surface area contributed by atoms with Crippen LogP contribution in [0.3, 0.4) is 0 Å². The van der Waals surface area contributed by atoms with Crippen LogP contribution in [0.25, 0.3) is 0 Å². The molecule has 1 unspecified atom stereocenters. The molecule has 0 saturated carbocycles. The topological polar surface area (TPSA) is 74.5 Å². The number of nitrogens with zero attached hydrogens (tertiary/aromatic N) is 3. The Balaban J connectivity index is 2.19. The zero-order valence-electron chi connectivity index (χ0n) is 12.5. The average molecular weight is 297 g/mol. The van der Waals surface area contributed by atoms with Crippen molar-refractivity contribution in [2.45, 2.75) is 32.4 Å². The van der Waals surface area contributed by atoms with Crippen LogP contribution in [0.15, 0.2) is 0 Å². The largest absolute Gasteiger partial charge is 0.382 e. The van der Waals surface area contributed by atoms with E-state index in [1.165, 1.54) is 11.5 Å². The van der Waals surface area contributed by atoms with E-state index in [1.54, 1.807) is 0 Å². The molecule has 0 spiro atoms. The van der Waals surface area contributed by atoms with E-state index in [4.69, 9.17) is 5.73 Å². The van der Waals surface area contributed by atoms with Crippen molar-refractivity contribution < 1.29 is 4.79 Å². The highest BCUT2D eigenvalue weighted by atomic mass is 32.1. The monoisotopic (exact) mass is 297 g/mol. The number of likely N-dealkylation sites (N-methyl/N-ethyl adjacent to an activating group) is 1. The second-order valence-corrected chi connectivity index (χ2v) is 6.48. The molecular weight excluding hydrogens is 274 g/mol. The molecular formula is C13H23N5OS. The average Bonchev–Trinajstić information content (AvgIpc) is 2.93. The molecule has 1 aromatic heterocycles. The van der Waals surface area contributed by atoms with Crippen molar-refractivity contribution in [1.29, 1.82) is 0 Å². The van der Waals surface area contributed by atoms with Crippen molar-refractivity contribution in [2.75, 3.05) is 37.8 Å². The SMILES string of the molecule is CC(C)NC(=O)c1c(N)nsc1N1CCC(N(C)C)C1. The standard InChI is InChI=1S/C13H23N5OS/c1-8(2)15-12(19)10-11(14)16-20-13(10)18-6-5-9(7-18)17(3)4/h8-9H,5-7H2,1-4H3,(H2,14,16)(H,15,19). The molecule has 1 atom stereocenters. The van der Waals surface area contributed by atoms with Gasteiger partial charge >= 0.3 is 0 Å². The van der Waals surface area contributed by atoms with Gasteiger partial charge in [0, 0.05) is 25.2 Å². The number of carbonyl (C=O) groups is 1. The van der Waals surface area contributed by atoms with Gasteiger partial charge in [-0.1, -0.05) is 0 Å². The Hall–Kier alpha value is -1.34. The van der Waals surface area contributed by atoms with E-state index >= 15 is 0 Å². The lowest BCUT2D eigenvalue weighted by atomic mass is 10.2. The zero-order valence-corrected chi connectivity index (χ0v) is 13.3. The lowest BCUT2D eigenvalue weighted by Crippen LogP contribution is -2.33. The van der Waals surface area contributed by atoms with Crippen molar-refractivity contribution in [3.05, 3.63) is 5.56 Å². The second-order valence-electron chi connectivity index (χ2n) is 5.73. The van der Waals surface area contributed by atoms with Crippen LogP contribution >= 0.6 is 11.5 Å². The first-order valence-corrected chi connectivity index (χ1v) is 7.65. The molecule has 1 aromatic rings. The quantitative estimate of drug-likeness (QED) is 0.867. The van der Waals surface area contributed by atoms with Crippen LogP contribution in [-0.4, -0.2) is 54.4 Å². The van der Waals surface area contributed by atoms with E-state index in [-0.39, 0.29) is 11.9 Å². The summed E-state index contributed by atoms with van der Waals surface area (Å²) in [5.41, 5.74) is 6.41. The van der Waals surface area contributed by atoms with Crippen LogP contribution in [0.5, 0.6) is 0 Å². The number of hydrogen-bond acceptors (Lipinski definition) is 6. The minimum atomic E-state index is -0.130. The van der Waals surface area contributed by atoms with Crippen LogP contribution in [-0.2, 0) is 0 Å². The normalized spacial score (nSPS) is 19.1. The number of anilines is 2. The maximum absolute atomic E-state index is 12.3. The van der Waals surface area contributed by atoms with Crippen molar-refractivity contribution >= 4 is 28.3 Å². The fourth-order valence-corrected chi connectivity index (χ4v) is 3.25. The van der Waals surface area contributed by atoms with Gasteiger partial charge in [0.2, 0.25) is 0 Å². The van der Waals surface area contributed by atoms with E-state index in [9.17, 15) is 4.79 Å².